The van der Waals surface area contributed by atoms with Crippen LogP contribution in [0.15, 0.2) is 59.0 Å². The molecule has 1 amide bonds. The average molecular weight is 450 g/mol. The number of fused-ring (bicyclic) bond motifs is 1. The zero-order valence-electron chi connectivity index (χ0n) is 17.2. The van der Waals surface area contributed by atoms with E-state index in [9.17, 15) is 4.79 Å². The summed E-state index contributed by atoms with van der Waals surface area (Å²) < 4.78 is 6.02. The van der Waals surface area contributed by atoms with E-state index in [1.807, 2.05) is 45.0 Å². The minimum absolute atomic E-state index is 0.189. The van der Waals surface area contributed by atoms with Crippen LogP contribution in [0.25, 0.3) is 22.6 Å². The Kier molecular flexibility index (Phi) is 5.76. The molecule has 156 valence electrons. The highest BCUT2D eigenvalue weighted by molar-refractivity contribution is 7.80. The lowest BCUT2D eigenvalue weighted by Gasteiger charge is -2.12. The number of carbonyl (C=O) groups is 1. The van der Waals surface area contributed by atoms with Gasteiger partial charge in [-0.05, 0) is 86.1 Å². The lowest BCUT2D eigenvalue weighted by Crippen LogP contribution is -2.34. The second-order valence-corrected chi connectivity index (χ2v) is 8.24. The topological polar surface area (TPSA) is 67.2 Å². The van der Waals surface area contributed by atoms with Crippen molar-refractivity contribution in [2.45, 2.75) is 20.8 Å². The lowest BCUT2D eigenvalue weighted by atomic mass is 10.1. The van der Waals surface area contributed by atoms with Crippen molar-refractivity contribution < 1.29 is 9.21 Å². The van der Waals surface area contributed by atoms with Crippen LogP contribution in [-0.4, -0.2) is 16.0 Å². The molecule has 0 unspecified atom stereocenters. The normalized spacial score (nSPS) is 10.8. The van der Waals surface area contributed by atoms with Crippen molar-refractivity contribution in [1.82, 2.24) is 10.3 Å². The Morgan fingerprint density at radius 2 is 1.84 bits per heavy atom. The van der Waals surface area contributed by atoms with Gasteiger partial charge in [0.1, 0.15) is 5.52 Å². The first kappa shape index (κ1) is 21.0. The Morgan fingerprint density at radius 1 is 1.03 bits per heavy atom. The molecule has 0 radical (unpaired) electrons. The molecule has 4 aromatic rings. The molecule has 0 spiro atoms. The quantitative estimate of drug-likeness (QED) is 0.364. The summed E-state index contributed by atoms with van der Waals surface area (Å²) in [4.78, 5) is 17.0. The van der Waals surface area contributed by atoms with Crippen LogP contribution in [0.2, 0.25) is 5.02 Å². The summed E-state index contributed by atoms with van der Waals surface area (Å²) in [6.07, 6.45) is 0. The third-order valence-electron chi connectivity index (χ3n) is 4.87. The van der Waals surface area contributed by atoms with Crippen LogP contribution < -0.4 is 10.6 Å². The molecule has 0 aliphatic carbocycles. The van der Waals surface area contributed by atoms with Crippen molar-refractivity contribution in [3.8, 4) is 11.5 Å². The van der Waals surface area contributed by atoms with E-state index < -0.39 is 0 Å². The highest BCUT2D eigenvalue weighted by Gasteiger charge is 2.14. The molecule has 7 heteroatoms. The number of aryl methyl sites for hydroxylation is 3. The maximum atomic E-state index is 12.4. The molecule has 0 bridgehead atoms. The van der Waals surface area contributed by atoms with E-state index in [-0.39, 0.29) is 11.0 Å². The van der Waals surface area contributed by atoms with Crippen molar-refractivity contribution in [3.63, 3.8) is 0 Å². The molecule has 0 aliphatic heterocycles. The van der Waals surface area contributed by atoms with Gasteiger partial charge < -0.3 is 9.73 Å². The zero-order chi connectivity index (χ0) is 22.1. The summed E-state index contributed by atoms with van der Waals surface area (Å²) >= 11 is 11.3. The van der Waals surface area contributed by atoms with Gasteiger partial charge in [0.2, 0.25) is 5.89 Å². The van der Waals surface area contributed by atoms with Crippen LogP contribution in [0.3, 0.4) is 0 Å². The molecule has 0 fully saturated rings. The zero-order valence-corrected chi connectivity index (χ0v) is 18.8. The van der Waals surface area contributed by atoms with Gasteiger partial charge in [0.05, 0.1) is 0 Å². The predicted octanol–water partition coefficient (Wildman–Crippen LogP) is 6.20. The number of hydrogen-bond donors (Lipinski definition) is 2. The Morgan fingerprint density at radius 3 is 2.61 bits per heavy atom. The van der Waals surface area contributed by atoms with Crippen molar-refractivity contribution in [1.29, 1.82) is 0 Å². The fraction of sp³-hybridized carbons (Fsp3) is 0.125. The third-order valence-corrected chi connectivity index (χ3v) is 5.31. The summed E-state index contributed by atoms with van der Waals surface area (Å²) in [5.41, 5.74) is 6.74. The number of thiocarbonyl (C=S) groups is 1. The molecule has 1 aromatic heterocycles. The van der Waals surface area contributed by atoms with E-state index in [0.29, 0.717) is 16.5 Å². The number of amides is 1. The van der Waals surface area contributed by atoms with Gasteiger partial charge in [0.25, 0.3) is 5.91 Å². The molecule has 0 aliphatic rings. The van der Waals surface area contributed by atoms with Gasteiger partial charge in [-0.1, -0.05) is 29.8 Å². The Hall–Kier alpha value is -3.22. The average Bonchev–Trinajstić information content (AvgIpc) is 3.14. The van der Waals surface area contributed by atoms with Crippen molar-refractivity contribution in [2.24, 2.45) is 0 Å². The Balaban J connectivity index is 1.56. The van der Waals surface area contributed by atoms with E-state index in [2.05, 4.69) is 21.7 Å². The second kappa shape index (κ2) is 8.49. The van der Waals surface area contributed by atoms with Gasteiger partial charge in [-0.25, -0.2) is 4.98 Å². The molecular formula is C24H20ClN3O2S. The fourth-order valence-electron chi connectivity index (χ4n) is 3.35. The minimum atomic E-state index is -0.335. The highest BCUT2D eigenvalue weighted by atomic mass is 35.5. The molecule has 3 aromatic carbocycles. The molecule has 0 saturated heterocycles. The largest absolute Gasteiger partial charge is 0.436 e. The first-order chi connectivity index (χ1) is 14.8. The first-order valence-corrected chi connectivity index (χ1v) is 10.5. The van der Waals surface area contributed by atoms with Gasteiger partial charge in [-0.2, -0.15) is 0 Å². The van der Waals surface area contributed by atoms with Crippen molar-refractivity contribution >= 4 is 51.6 Å². The summed E-state index contributed by atoms with van der Waals surface area (Å²) in [6, 6.07) is 16.6. The fourth-order valence-corrected chi connectivity index (χ4v) is 3.74. The van der Waals surface area contributed by atoms with Crippen molar-refractivity contribution in [2.75, 3.05) is 5.32 Å². The standard InChI is InChI=1S/C24H20ClN3O2S/c1-13-9-15(3)21-20(10-13)26-23(30-21)17-8-7-14(2)19(12-17)27-24(31)28-22(29)16-5-4-6-18(25)11-16/h4-12H,1-3H3,(H2,27,28,29,31). The van der Waals surface area contributed by atoms with Gasteiger partial charge in [-0.15, -0.1) is 0 Å². The van der Waals surface area contributed by atoms with Crippen LogP contribution in [0, 0.1) is 20.8 Å². The number of nitrogens with zero attached hydrogens (tertiary/aromatic N) is 1. The van der Waals surface area contributed by atoms with Crippen LogP contribution >= 0.6 is 23.8 Å². The number of halogens is 1. The molecule has 0 saturated carbocycles. The summed E-state index contributed by atoms with van der Waals surface area (Å²) in [7, 11) is 0. The number of hydrogen-bond acceptors (Lipinski definition) is 4. The molecular weight excluding hydrogens is 430 g/mol. The number of carbonyl (C=O) groups excluding carboxylic acids is 1. The number of benzene rings is 3. The third kappa shape index (κ3) is 4.60. The maximum Gasteiger partial charge on any atom is 0.257 e. The van der Waals surface area contributed by atoms with Crippen LogP contribution in [0.1, 0.15) is 27.0 Å². The van der Waals surface area contributed by atoms with E-state index >= 15 is 0 Å². The summed E-state index contributed by atoms with van der Waals surface area (Å²) in [5, 5.41) is 6.44. The van der Waals surface area contributed by atoms with Gasteiger partial charge >= 0.3 is 0 Å². The summed E-state index contributed by atoms with van der Waals surface area (Å²) in [6.45, 7) is 5.99. The molecule has 5 nitrogen and oxygen atoms in total. The smallest absolute Gasteiger partial charge is 0.257 e. The van der Waals surface area contributed by atoms with E-state index in [1.165, 1.54) is 0 Å². The first-order valence-electron chi connectivity index (χ1n) is 9.67. The SMILES string of the molecule is Cc1cc(C)c2oc(-c3ccc(C)c(NC(=S)NC(=O)c4cccc(Cl)c4)c3)nc2c1. The number of rotatable bonds is 3. The van der Waals surface area contributed by atoms with Gasteiger partial charge in [0, 0.05) is 21.8 Å². The molecule has 0 atom stereocenters. The van der Waals surface area contributed by atoms with Gasteiger partial charge in [0.15, 0.2) is 10.7 Å². The number of anilines is 1. The van der Waals surface area contributed by atoms with Crippen LogP contribution in [-0.2, 0) is 0 Å². The number of aromatic nitrogens is 1. The van der Waals surface area contributed by atoms with Crippen molar-refractivity contribution in [3.05, 3.63) is 81.9 Å². The monoisotopic (exact) mass is 449 g/mol. The van der Waals surface area contributed by atoms with Gasteiger partial charge in [-0.3, -0.25) is 10.1 Å². The molecule has 4 rings (SSSR count). The van der Waals surface area contributed by atoms with E-state index in [4.69, 9.17) is 28.2 Å². The Labute approximate surface area is 190 Å². The maximum absolute atomic E-state index is 12.4. The molecule has 2 N–H and O–H groups in total. The lowest BCUT2D eigenvalue weighted by molar-refractivity contribution is 0.0977. The molecule has 31 heavy (non-hydrogen) atoms. The Bertz CT molecular complexity index is 1330. The predicted molar refractivity (Wildman–Crippen MR) is 129 cm³/mol. The van der Waals surface area contributed by atoms with Crippen LogP contribution in [0.5, 0.6) is 0 Å². The van der Waals surface area contributed by atoms with Crippen LogP contribution in [0.4, 0.5) is 5.69 Å². The number of oxazole rings is 1. The highest BCUT2D eigenvalue weighted by Crippen LogP contribution is 2.30. The number of nitrogens with one attached hydrogen (secondary N) is 2. The summed E-state index contributed by atoms with van der Waals surface area (Å²) in [5.74, 6) is 0.194. The van der Waals surface area contributed by atoms with E-state index in [1.54, 1.807) is 24.3 Å². The molecule has 1 heterocycles. The van der Waals surface area contributed by atoms with E-state index in [0.717, 1.165) is 39.0 Å². The minimum Gasteiger partial charge on any atom is -0.436 e. The second-order valence-electron chi connectivity index (χ2n) is 7.40.